The van der Waals surface area contributed by atoms with Gasteiger partial charge < -0.3 is 0 Å². The predicted molar refractivity (Wildman–Crippen MR) is 77.2 cm³/mol. The number of rotatable bonds is 0. The minimum absolute atomic E-state index is 0.143. The van der Waals surface area contributed by atoms with Crippen LogP contribution in [-0.2, 0) is 9.59 Å². The van der Waals surface area contributed by atoms with Crippen molar-refractivity contribution < 1.29 is 14.8 Å². The van der Waals surface area contributed by atoms with Gasteiger partial charge in [0.25, 0.3) is 11.8 Å². The fourth-order valence-corrected chi connectivity index (χ4v) is 4.66. The van der Waals surface area contributed by atoms with E-state index in [1.807, 2.05) is 48.5 Å². The van der Waals surface area contributed by atoms with Gasteiger partial charge in [-0.25, -0.2) is 0 Å². The Kier molecular flexibility index (Phi) is 2.12. The lowest BCUT2D eigenvalue weighted by molar-refractivity contribution is -0.173. The van der Waals surface area contributed by atoms with Gasteiger partial charge in [-0.15, -0.1) is 0 Å². The molecule has 1 N–H and O–H groups in total. The Bertz CT molecular complexity index is 728. The van der Waals surface area contributed by atoms with Crippen molar-refractivity contribution in [1.82, 2.24) is 5.06 Å². The normalized spacial score (nSPS) is 31.0. The van der Waals surface area contributed by atoms with Crippen molar-refractivity contribution in [2.45, 2.75) is 11.8 Å². The molecular weight excluding hydrogens is 278 g/mol. The van der Waals surface area contributed by atoms with Crippen LogP contribution in [0.25, 0.3) is 0 Å². The van der Waals surface area contributed by atoms with Crippen LogP contribution in [0.4, 0.5) is 0 Å². The van der Waals surface area contributed by atoms with E-state index in [0.29, 0.717) is 5.06 Å². The van der Waals surface area contributed by atoms with Gasteiger partial charge in [0.1, 0.15) is 0 Å². The Labute approximate surface area is 126 Å². The van der Waals surface area contributed by atoms with Gasteiger partial charge >= 0.3 is 0 Å². The number of carbonyl (C=O) groups is 2. The second kappa shape index (κ2) is 3.84. The van der Waals surface area contributed by atoms with E-state index in [1.54, 1.807) is 0 Å². The lowest BCUT2D eigenvalue weighted by Crippen LogP contribution is -2.41. The van der Waals surface area contributed by atoms with Crippen molar-refractivity contribution in [3.63, 3.8) is 0 Å². The molecule has 4 nitrogen and oxygen atoms in total. The van der Waals surface area contributed by atoms with Crippen molar-refractivity contribution in [1.29, 1.82) is 0 Å². The summed E-state index contributed by atoms with van der Waals surface area (Å²) in [6.45, 7) is 0. The molecule has 0 aromatic heterocycles. The largest absolute Gasteiger partial charge is 0.278 e. The third-order valence-corrected chi connectivity index (χ3v) is 5.43. The van der Waals surface area contributed by atoms with Crippen LogP contribution in [0, 0.1) is 11.8 Å². The van der Waals surface area contributed by atoms with E-state index < -0.39 is 23.7 Å². The summed E-state index contributed by atoms with van der Waals surface area (Å²) in [6, 6.07) is 16.0. The Hall–Kier alpha value is -2.46. The van der Waals surface area contributed by atoms with Crippen LogP contribution in [0.15, 0.2) is 48.5 Å². The first-order valence-electron chi connectivity index (χ1n) is 7.44. The maximum absolute atomic E-state index is 12.4. The quantitative estimate of drug-likeness (QED) is 0.598. The summed E-state index contributed by atoms with van der Waals surface area (Å²) in [5.74, 6) is -2.17. The summed E-state index contributed by atoms with van der Waals surface area (Å²) in [7, 11) is 0. The van der Waals surface area contributed by atoms with Gasteiger partial charge in [-0.2, -0.15) is 5.06 Å². The molecule has 22 heavy (non-hydrogen) atoms. The highest BCUT2D eigenvalue weighted by Crippen LogP contribution is 2.60. The zero-order valence-corrected chi connectivity index (χ0v) is 11.6. The molecule has 1 aliphatic heterocycles. The second-order valence-corrected chi connectivity index (χ2v) is 6.25. The SMILES string of the molecule is O=C1[C@@H]2C3c4ccccc4C(c4ccccc43)[C@H]2C(=O)N1O. The maximum atomic E-state index is 12.4. The third-order valence-electron chi connectivity index (χ3n) is 5.43. The molecule has 3 aliphatic carbocycles. The molecule has 2 atom stereocenters. The number of hydrogen-bond donors (Lipinski definition) is 1. The first kappa shape index (κ1) is 12.1. The van der Waals surface area contributed by atoms with E-state index in [-0.39, 0.29) is 11.8 Å². The van der Waals surface area contributed by atoms with E-state index in [1.165, 1.54) is 0 Å². The Morgan fingerprint density at radius 3 is 1.32 bits per heavy atom. The summed E-state index contributed by atoms with van der Waals surface area (Å²) in [6.07, 6.45) is 0. The van der Waals surface area contributed by atoms with Gasteiger partial charge in [0.05, 0.1) is 11.8 Å². The molecule has 4 aliphatic rings. The number of benzene rings is 2. The monoisotopic (exact) mass is 291 g/mol. The van der Waals surface area contributed by atoms with Gasteiger partial charge in [0.15, 0.2) is 0 Å². The average Bonchev–Trinajstić information content (AvgIpc) is 2.80. The van der Waals surface area contributed by atoms with E-state index in [0.717, 1.165) is 22.3 Å². The topological polar surface area (TPSA) is 57.6 Å². The Morgan fingerprint density at radius 1 is 0.682 bits per heavy atom. The van der Waals surface area contributed by atoms with Crippen molar-refractivity contribution >= 4 is 11.8 Å². The molecule has 0 saturated carbocycles. The Morgan fingerprint density at radius 2 is 1.00 bits per heavy atom. The van der Waals surface area contributed by atoms with Crippen LogP contribution in [0.1, 0.15) is 34.1 Å². The van der Waals surface area contributed by atoms with Gasteiger partial charge in [-0.3, -0.25) is 14.8 Å². The summed E-state index contributed by atoms with van der Waals surface area (Å²) in [4.78, 5) is 24.8. The summed E-state index contributed by atoms with van der Waals surface area (Å²) >= 11 is 0. The van der Waals surface area contributed by atoms with Crippen LogP contribution < -0.4 is 0 Å². The van der Waals surface area contributed by atoms with Crippen LogP contribution in [0.2, 0.25) is 0 Å². The van der Waals surface area contributed by atoms with E-state index >= 15 is 0 Å². The van der Waals surface area contributed by atoms with Crippen molar-refractivity contribution in [3.05, 3.63) is 70.8 Å². The van der Waals surface area contributed by atoms with Gasteiger partial charge in [-0.1, -0.05) is 48.5 Å². The summed E-state index contributed by atoms with van der Waals surface area (Å²) in [5.41, 5.74) is 4.46. The fourth-order valence-electron chi connectivity index (χ4n) is 4.66. The lowest BCUT2D eigenvalue weighted by atomic mass is 9.55. The van der Waals surface area contributed by atoms with E-state index in [9.17, 15) is 14.8 Å². The third kappa shape index (κ3) is 1.19. The van der Waals surface area contributed by atoms with Crippen molar-refractivity contribution in [2.24, 2.45) is 11.8 Å². The summed E-state index contributed by atoms with van der Waals surface area (Å²) < 4.78 is 0. The highest BCUT2D eigenvalue weighted by Gasteiger charge is 2.61. The molecule has 1 saturated heterocycles. The number of hydroxylamine groups is 2. The highest BCUT2D eigenvalue weighted by atomic mass is 16.5. The van der Waals surface area contributed by atoms with Crippen LogP contribution in [-0.4, -0.2) is 22.1 Å². The second-order valence-electron chi connectivity index (χ2n) is 6.25. The molecule has 2 bridgehead atoms. The van der Waals surface area contributed by atoms with Crippen LogP contribution >= 0.6 is 0 Å². The number of amides is 2. The first-order chi connectivity index (χ1) is 10.7. The molecule has 0 radical (unpaired) electrons. The molecule has 2 amide bonds. The molecule has 4 heteroatoms. The lowest BCUT2D eigenvalue weighted by Gasteiger charge is -2.45. The van der Waals surface area contributed by atoms with Gasteiger partial charge in [-0.05, 0) is 22.3 Å². The molecule has 1 heterocycles. The van der Waals surface area contributed by atoms with Crippen molar-refractivity contribution in [3.8, 4) is 0 Å². The van der Waals surface area contributed by atoms with Gasteiger partial charge in [0, 0.05) is 11.8 Å². The number of nitrogens with zero attached hydrogens (tertiary/aromatic N) is 1. The smallest absolute Gasteiger partial charge is 0.258 e. The van der Waals surface area contributed by atoms with E-state index in [4.69, 9.17) is 0 Å². The Balaban J connectivity index is 1.86. The molecule has 2 aromatic carbocycles. The highest BCUT2D eigenvalue weighted by molar-refractivity contribution is 6.06. The van der Waals surface area contributed by atoms with Crippen molar-refractivity contribution in [2.75, 3.05) is 0 Å². The minimum Gasteiger partial charge on any atom is -0.278 e. The van der Waals surface area contributed by atoms with E-state index in [2.05, 4.69) is 0 Å². The summed E-state index contributed by atoms with van der Waals surface area (Å²) in [5, 5.41) is 10.2. The molecule has 6 rings (SSSR count). The molecule has 2 aromatic rings. The standard InChI is InChI=1S/C18H13NO3/c20-17-15-13-9-5-1-2-6-10(9)14(16(15)18(21)19(17)22)12-8-4-3-7-11(12)13/h1-8,13-16,22H/t13?,14?,15-,16-/m1/s1. The molecule has 0 spiro atoms. The van der Waals surface area contributed by atoms with Crippen LogP contribution in [0.5, 0.6) is 0 Å². The number of imide groups is 1. The molecular formula is C18H13NO3. The first-order valence-corrected chi connectivity index (χ1v) is 7.44. The molecule has 0 unspecified atom stereocenters. The molecule has 108 valence electrons. The van der Waals surface area contributed by atoms with Crippen LogP contribution in [0.3, 0.4) is 0 Å². The fraction of sp³-hybridized carbons (Fsp3) is 0.222. The number of carbonyl (C=O) groups excluding carboxylic acids is 2. The average molecular weight is 291 g/mol. The molecule has 1 fully saturated rings. The number of hydrogen-bond acceptors (Lipinski definition) is 3. The zero-order valence-electron chi connectivity index (χ0n) is 11.6. The zero-order chi connectivity index (χ0) is 15.0. The predicted octanol–water partition coefficient (Wildman–Crippen LogP) is 2.27. The minimum atomic E-state index is -0.479. The maximum Gasteiger partial charge on any atom is 0.258 e. The van der Waals surface area contributed by atoms with Gasteiger partial charge in [0.2, 0.25) is 0 Å².